The minimum Gasteiger partial charge on any atom is -0.493 e. The Morgan fingerprint density at radius 3 is 2.67 bits per heavy atom. The number of ether oxygens (including phenoxy) is 3. The summed E-state index contributed by atoms with van der Waals surface area (Å²) in [5.41, 5.74) is 0.452. The van der Waals surface area contributed by atoms with Gasteiger partial charge in [-0.05, 0) is 19.1 Å². The average molecular weight is 253 g/mol. The van der Waals surface area contributed by atoms with Crippen LogP contribution in [-0.4, -0.2) is 39.9 Å². The number of hydrogen-bond donors (Lipinski definition) is 1. The van der Waals surface area contributed by atoms with E-state index in [0.29, 0.717) is 36.8 Å². The largest absolute Gasteiger partial charge is 0.493 e. The Labute approximate surface area is 107 Å². The topological polar surface area (TPSA) is 56.8 Å². The molecule has 0 aliphatic carbocycles. The van der Waals surface area contributed by atoms with Gasteiger partial charge in [0.05, 0.1) is 26.4 Å². The first-order valence-corrected chi connectivity index (χ1v) is 5.81. The second kappa shape index (κ2) is 7.55. The molecule has 0 heterocycles. The fraction of sp³-hybridized carbons (Fsp3) is 0.462. The summed E-state index contributed by atoms with van der Waals surface area (Å²) < 4.78 is 15.5. The van der Waals surface area contributed by atoms with Gasteiger partial charge in [0.15, 0.2) is 11.5 Å². The van der Waals surface area contributed by atoms with E-state index in [2.05, 4.69) is 5.32 Å². The SMILES string of the molecule is CCOCCNC(=O)c1cccc(OC)c1OC. The van der Waals surface area contributed by atoms with Crippen molar-refractivity contribution in [1.29, 1.82) is 0 Å². The number of rotatable bonds is 7. The first-order chi connectivity index (χ1) is 8.74. The van der Waals surface area contributed by atoms with E-state index in [-0.39, 0.29) is 5.91 Å². The number of carbonyl (C=O) groups excluding carboxylic acids is 1. The monoisotopic (exact) mass is 253 g/mol. The maximum Gasteiger partial charge on any atom is 0.255 e. The van der Waals surface area contributed by atoms with Gasteiger partial charge in [0.25, 0.3) is 5.91 Å². The van der Waals surface area contributed by atoms with Gasteiger partial charge in [0, 0.05) is 13.2 Å². The van der Waals surface area contributed by atoms with Crippen LogP contribution in [0.5, 0.6) is 11.5 Å². The van der Waals surface area contributed by atoms with Crippen LogP contribution in [0.1, 0.15) is 17.3 Å². The molecule has 1 rings (SSSR count). The van der Waals surface area contributed by atoms with Crippen molar-refractivity contribution in [1.82, 2.24) is 5.32 Å². The third kappa shape index (κ3) is 3.63. The summed E-state index contributed by atoms with van der Waals surface area (Å²) in [5, 5.41) is 2.76. The van der Waals surface area contributed by atoms with E-state index in [1.807, 2.05) is 6.92 Å². The molecular weight excluding hydrogens is 234 g/mol. The van der Waals surface area contributed by atoms with Gasteiger partial charge in [-0.15, -0.1) is 0 Å². The highest BCUT2D eigenvalue weighted by molar-refractivity contribution is 5.97. The minimum atomic E-state index is -0.203. The highest BCUT2D eigenvalue weighted by Gasteiger charge is 2.15. The van der Waals surface area contributed by atoms with Crippen molar-refractivity contribution in [3.8, 4) is 11.5 Å². The lowest BCUT2D eigenvalue weighted by Gasteiger charge is -2.12. The van der Waals surface area contributed by atoms with Crippen LogP contribution < -0.4 is 14.8 Å². The van der Waals surface area contributed by atoms with E-state index < -0.39 is 0 Å². The maximum absolute atomic E-state index is 12.0. The van der Waals surface area contributed by atoms with Crippen molar-refractivity contribution >= 4 is 5.91 Å². The van der Waals surface area contributed by atoms with Gasteiger partial charge >= 0.3 is 0 Å². The van der Waals surface area contributed by atoms with Crippen molar-refractivity contribution in [3.63, 3.8) is 0 Å². The minimum absolute atomic E-state index is 0.203. The molecule has 5 heteroatoms. The first kappa shape index (κ1) is 14.3. The smallest absolute Gasteiger partial charge is 0.255 e. The molecule has 0 aliphatic heterocycles. The van der Waals surface area contributed by atoms with E-state index in [4.69, 9.17) is 14.2 Å². The van der Waals surface area contributed by atoms with Crippen LogP contribution in [0.15, 0.2) is 18.2 Å². The van der Waals surface area contributed by atoms with Crippen LogP contribution in [-0.2, 0) is 4.74 Å². The number of benzene rings is 1. The van der Waals surface area contributed by atoms with Gasteiger partial charge in [0.2, 0.25) is 0 Å². The third-order valence-corrected chi connectivity index (χ3v) is 2.38. The van der Waals surface area contributed by atoms with E-state index in [9.17, 15) is 4.79 Å². The Hall–Kier alpha value is -1.75. The van der Waals surface area contributed by atoms with E-state index >= 15 is 0 Å². The van der Waals surface area contributed by atoms with Crippen LogP contribution in [0.3, 0.4) is 0 Å². The van der Waals surface area contributed by atoms with Gasteiger partial charge in [-0.3, -0.25) is 4.79 Å². The van der Waals surface area contributed by atoms with E-state index in [0.717, 1.165) is 0 Å². The van der Waals surface area contributed by atoms with Gasteiger partial charge in [-0.25, -0.2) is 0 Å². The van der Waals surface area contributed by atoms with Crippen molar-refractivity contribution in [2.75, 3.05) is 34.0 Å². The molecule has 0 saturated heterocycles. The lowest BCUT2D eigenvalue weighted by Crippen LogP contribution is -2.27. The molecule has 0 fully saturated rings. The van der Waals surface area contributed by atoms with Crippen molar-refractivity contribution < 1.29 is 19.0 Å². The number of para-hydroxylation sites is 1. The van der Waals surface area contributed by atoms with Crippen molar-refractivity contribution in [2.45, 2.75) is 6.92 Å². The standard InChI is InChI=1S/C13H19NO4/c1-4-18-9-8-14-13(15)10-6-5-7-11(16-2)12(10)17-3/h5-7H,4,8-9H2,1-3H3,(H,14,15). The Morgan fingerprint density at radius 1 is 1.28 bits per heavy atom. The zero-order chi connectivity index (χ0) is 13.4. The maximum atomic E-state index is 12.0. The molecule has 0 saturated carbocycles. The van der Waals surface area contributed by atoms with E-state index in [1.54, 1.807) is 18.2 Å². The molecule has 0 spiro atoms. The van der Waals surface area contributed by atoms with Gasteiger partial charge in [-0.1, -0.05) is 6.07 Å². The predicted molar refractivity (Wildman–Crippen MR) is 68.4 cm³/mol. The van der Waals surface area contributed by atoms with Gasteiger partial charge in [-0.2, -0.15) is 0 Å². The second-order valence-corrected chi connectivity index (χ2v) is 3.49. The molecule has 0 atom stereocenters. The Balaban J connectivity index is 2.72. The first-order valence-electron chi connectivity index (χ1n) is 5.81. The summed E-state index contributed by atoms with van der Waals surface area (Å²) in [6.07, 6.45) is 0. The summed E-state index contributed by atoms with van der Waals surface area (Å²) in [5.74, 6) is 0.773. The molecule has 1 aromatic rings. The molecule has 100 valence electrons. The van der Waals surface area contributed by atoms with Gasteiger partial charge < -0.3 is 19.5 Å². The van der Waals surface area contributed by atoms with Crippen LogP contribution in [0.25, 0.3) is 0 Å². The van der Waals surface area contributed by atoms with Crippen LogP contribution in [0, 0.1) is 0 Å². The molecule has 0 bridgehead atoms. The summed E-state index contributed by atoms with van der Waals surface area (Å²) >= 11 is 0. The van der Waals surface area contributed by atoms with Crippen molar-refractivity contribution in [3.05, 3.63) is 23.8 Å². The quantitative estimate of drug-likeness (QED) is 0.748. The normalized spacial score (nSPS) is 9.94. The number of amides is 1. The Bertz CT molecular complexity index is 393. The van der Waals surface area contributed by atoms with Gasteiger partial charge in [0.1, 0.15) is 0 Å². The molecule has 0 unspecified atom stereocenters. The molecule has 5 nitrogen and oxygen atoms in total. The zero-order valence-corrected chi connectivity index (χ0v) is 11.0. The summed E-state index contributed by atoms with van der Waals surface area (Å²) in [4.78, 5) is 12.0. The highest BCUT2D eigenvalue weighted by atomic mass is 16.5. The fourth-order valence-electron chi connectivity index (χ4n) is 1.54. The number of nitrogens with one attached hydrogen (secondary N) is 1. The average Bonchev–Trinajstić information content (AvgIpc) is 2.42. The fourth-order valence-corrected chi connectivity index (χ4v) is 1.54. The molecule has 0 radical (unpaired) electrons. The molecule has 1 aromatic carbocycles. The lowest BCUT2D eigenvalue weighted by molar-refractivity contribution is 0.0919. The van der Waals surface area contributed by atoms with Crippen LogP contribution >= 0.6 is 0 Å². The summed E-state index contributed by atoms with van der Waals surface area (Å²) in [6.45, 7) is 3.51. The molecular formula is C13H19NO4. The lowest BCUT2D eigenvalue weighted by atomic mass is 10.1. The molecule has 1 amide bonds. The number of methoxy groups -OCH3 is 2. The predicted octanol–water partition coefficient (Wildman–Crippen LogP) is 1.47. The second-order valence-electron chi connectivity index (χ2n) is 3.49. The molecule has 0 aromatic heterocycles. The number of hydrogen-bond acceptors (Lipinski definition) is 4. The molecule has 18 heavy (non-hydrogen) atoms. The summed E-state index contributed by atoms with van der Waals surface area (Å²) in [7, 11) is 3.05. The summed E-state index contributed by atoms with van der Waals surface area (Å²) in [6, 6.07) is 5.19. The van der Waals surface area contributed by atoms with Crippen molar-refractivity contribution in [2.24, 2.45) is 0 Å². The Morgan fingerprint density at radius 2 is 2.06 bits per heavy atom. The zero-order valence-electron chi connectivity index (χ0n) is 11.0. The molecule has 0 aliphatic rings. The third-order valence-electron chi connectivity index (χ3n) is 2.38. The number of carbonyl (C=O) groups is 1. The van der Waals surface area contributed by atoms with Crippen LogP contribution in [0.2, 0.25) is 0 Å². The van der Waals surface area contributed by atoms with Crippen LogP contribution in [0.4, 0.5) is 0 Å². The highest BCUT2D eigenvalue weighted by Crippen LogP contribution is 2.30. The molecule has 1 N–H and O–H groups in total. The van der Waals surface area contributed by atoms with E-state index in [1.165, 1.54) is 14.2 Å². The Kier molecular flexibility index (Phi) is 6.00.